The number of hydrogen-bond acceptors (Lipinski definition) is 6. The molecule has 6 rings (SSSR count). The molecule has 0 saturated heterocycles. The average molecular weight is 496 g/mol. The lowest BCUT2D eigenvalue weighted by atomic mass is 10.0. The summed E-state index contributed by atoms with van der Waals surface area (Å²) in [6.07, 6.45) is 1.53. The highest BCUT2D eigenvalue weighted by molar-refractivity contribution is 7.90. The number of benzene rings is 3. The number of non-ortho nitro benzene ring substituents is 1. The normalized spacial score (nSPS) is 11.8. The molecule has 3 aromatic heterocycles. The van der Waals surface area contributed by atoms with Gasteiger partial charge in [0.1, 0.15) is 5.69 Å². The van der Waals surface area contributed by atoms with Crippen LogP contribution in [0.2, 0.25) is 0 Å². The molecule has 0 aliphatic rings. The Morgan fingerprint density at radius 2 is 1.61 bits per heavy atom. The van der Waals surface area contributed by atoms with Gasteiger partial charge in [0.2, 0.25) is 0 Å². The van der Waals surface area contributed by atoms with Crippen molar-refractivity contribution in [2.75, 3.05) is 0 Å². The zero-order chi connectivity index (χ0) is 24.9. The maximum absolute atomic E-state index is 13.8. The van der Waals surface area contributed by atoms with Gasteiger partial charge in [0, 0.05) is 22.9 Å². The lowest BCUT2D eigenvalue weighted by Crippen LogP contribution is -2.13. The van der Waals surface area contributed by atoms with Crippen molar-refractivity contribution in [2.24, 2.45) is 0 Å². The summed E-state index contributed by atoms with van der Waals surface area (Å²) in [5, 5.41) is 12.6. The summed E-state index contributed by atoms with van der Waals surface area (Å²) in [4.78, 5) is 15.6. The fraction of sp³-hybridized carbons (Fsp3) is 0. The van der Waals surface area contributed by atoms with Gasteiger partial charge >= 0.3 is 0 Å². The highest BCUT2D eigenvalue weighted by Crippen LogP contribution is 2.36. The van der Waals surface area contributed by atoms with Crippen LogP contribution in [-0.2, 0) is 10.0 Å². The molecule has 0 unspecified atom stereocenters. The van der Waals surface area contributed by atoms with Gasteiger partial charge in [0.15, 0.2) is 11.4 Å². The Bertz CT molecular complexity index is 1880. The Hall–Kier alpha value is -4.76. The molecule has 0 spiro atoms. The molecule has 36 heavy (non-hydrogen) atoms. The summed E-state index contributed by atoms with van der Waals surface area (Å²) in [7, 11) is -4.00. The molecule has 6 aromatic rings. The van der Waals surface area contributed by atoms with E-state index in [0.29, 0.717) is 33.3 Å². The Morgan fingerprint density at radius 1 is 0.806 bits per heavy atom. The van der Waals surface area contributed by atoms with E-state index in [1.165, 1.54) is 22.4 Å². The topological polar surface area (TPSA) is 108 Å². The minimum absolute atomic E-state index is 0.0218. The van der Waals surface area contributed by atoms with Crippen LogP contribution in [0.15, 0.2) is 113 Å². The molecular formula is C27H17N3O5S. The van der Waals surface area contributed by atoms with Gasteiger partial charge in [-0.25, -0.2) is 17.4 Å². The van der Waals surface area contributed by atoms with Gasteiger partial charge in [-0.1, -0.05) is 36.4 Å². The van der Waals surface area contributed by atoms with E-state index in [-0.39, 0.29) is 16.2 Å². The molecule has 9 heteroatoms. The Labute approximate surface area is 205 Å². The van der Waals surface area contributed by atoms with Crippen LogP contribution in [0.5, 0.6) is 0 Å². The van der Waals surface area contributed by atoms with Crippen molar-refractivity contribution in [1.82, 2.24) is 8.96 Å². The van der Waals surface area contributed by atoms with E-state index in [2.05, 4.69) is 4.98 Å². The van der Waals surface area contributed by atoms with E-state index in [1.54, 1.807) is 72.8 Å². The van der Waals surface area contributed by atoms with Gasteiger partial charge in [-0.2, -0.15) is 0 Å². The van der Waals surface area contributed by atoms with Gasteiger partial charge in [0.05, 0.1) is 21.6 Å². The van der Waals surface area contributed by atoms with Crippen molar-refractivity contribution < 1.29 is 17.8 Å². The van der Waals surface area contributed by atoms with Crippen LogP contribution in [0.1, 0.15) is 0 Å². The van der Waals surface area contributed by atoms with E-state index < -0.39 is 14.9 Å². The van der Waals surface area contributed by atoms with Crippen LogP contribution in [0, 0.1) is 10.1 Å². The van der Waals surface area contributed by atoms with Crippen molar-refractivity contribution in [3.05, 3.63) is 113 Å². The minimum Gasteiger partial charge on any atom is -0.463 e. The Morgan fingerprint density at radius 3 is 2.36 bits per heavy atom. The molecule has 0 radical (unpaired) electrons. The van der Waals surface area contributed by atoms with Crippen molar-refractivity contribution in [3.8, 4) is 22.6 Å². The highest BCUT2D eigenvalue weighted by atomic mass is 32.2. The molecule has 3 aromatic carbocycles. The number of rotatable bonds is 5. The summed E-state index contributed by atoms with van der Waals surface area (Å²) in [6.45, 7) is 0. The predicted molar refractivity (Wildman–Crippen MR) is 136 cm³/mol. The first-order chi connectivity index (χ1) is 17.4. The molecule has 8 nitrogen and oxygen atoms in total. The summed E-state index contributed by atoms with van der Waals surface area (Å²) < 4.78 is 34.4. The smallest absolute Gasteiger partial charge is 0.270 e. The van der Waals surface area contributed by atoms with Crippen molar-refractivity contribution in [2.45, 2.75) is 4.90 Å². The van der Waals surface area contributed by atoms with Crippen LogP contribution in [0.3, 0.4) is 0 Å². The van der Waals surface area contributed by atoms with Crippen molar-refractivity contribution in [3.63, 3.8) is 0 Å². The average Bonchev–Trinajstić information content (AvgIpc) is 3.55. The van der Waals surface area contributed by atoms with E-state index in [1.807, 2.05) is 12.1 Å². The first-order valence-electron chi connectivity index (χ1n) is 11.0. The van der Waals surface area contributed by atoms with Crippen LogP contribution in [0.25, 0.3) is 44.5 Å². The molecule has 3 heterocycles. The van der Waals surface area contributed by atoms with Crippen LogP contribution >= 0.6 is 0 Å². The second-order valence-corrected chi connectivity index (χ2v) is 9.95. The molecular weight excluding hydrogens is 478 g/mol. The SMILES string of the molecule is O=[N+]([O-])c1cccc(-c2ccc3c(c2)c2ccc(-c4ccco4)nc2n3S(=O)(=O)c2ccccc2)c1. The van der Waals surface area contributed by atoms with Crippen molar-refractivity contribution in [1.29, 1.82) is 0 Å². The predicted octanol–water partition coefficient (Wildman–Crippen LogP) is 6.26. The third-order valence-corrected chi connectivity index (χ3v) is 7.74. The molecule has 0 saturated carbocycles. The number of furan rings is 1. The standard InChI is InChI=1S/C27H17N3O5S/c31-30(32)20-7-4-6-18(16-20)19-11-14-25-23(17-19)22-12-13-24(26-10-5-15-35-26)28-27(22)29(25)36(33,34)21-8-2-1-3-9-21/h1-17H. The number of nitrogens with zero attached hydrogens (tertiary/aromatic N) is 3. The Kier molecular flexibility index (Phi) is 4.94. The third kappa shape index (κ3) is 3.45. The molecule has 0 aliphatic carbocycles. The van der Waals surface area contributed by atoms with Gasteiger partial charge in [0.25, 0.3) is 15.7 Å². The number of nitro groups is 1. The molecule has 0 N–H and O–H groups in total. The number of pyridine rings is 1. The summed E-state index contributed by atoms with van der Waals surface area (Å²) >= 11 is 0. The Balaban J connectivity index is 1.65. The summed E-state index contributed by atoms with van der Waals surface area (Å²) in [6, 6.07) is 26.9. The maximum Gasteiger partial charge on any atom is 0.270 e. The van der Waals surface area contributed by atoms with Gasteiger partial charge in [-0.05, 0) is 59.7 Å². The molecule has 0 bridgehead atoms. The first-order valence-corrected chi connectivity index (χ1v) is 12.4. The third-order valence-electron chi connectivity index (χ3n) is 6.02. The summed E-state index contributed by atoms with van der Waals surface area (Å²) in [5.74, 6) is 0.517. The molecule has 0 amide bonds. The largest absolute Gasteiger partial charge is 0.463 e. The van der Waals surface area contributed by atoms with E-state index in [0.717, 1.165) is 5.56 Å². The molecule has 0 atom stereocenters. The first kappa shape index (κ1) is 21.8. The lowest BCUT2D eigenvalue weighted by molar-refractivity contribution is -0.384. The van der Waals surface area contributed by atoms with Gasteiger partial charge < -0.3 is 4.42 Å². The number of nitro benzene ring substituents is 1. The van der Waals surface area contributed by atoms with E-state index >= 15 is 0 Å². The molecule has 0 aliphatic heterocycles. The van der Waals surface area contributed by atoms with E-state index in [4.69, 9.17) is 4.42 Å². The lowest BCUT2D eigenvalue weighted by Gasteiger charge is -2.09. The van der Waals surface area contributed by atoms with E-state index in [9.17, 15) is 18.5 Å². The number of fused-ring (bicyclic) bond motifs is 3. The quantitative estimate of drug-likeness (QED) is 0.206. The number of aromatic nitrogens is 2. The van der Waals surface area contributed by atoms with Crippen LogP contribution in [0.4, 0.5) is 5.69 Å². The molecule has 0 fully saturated rings. The second-order valence-electron chi connectivity index (χ2n) is 8.17. The highest BCUT2D eigenvalue weighted by Gasteiger charge is 2.25. The minimum atomic E-state index is -4.00. The van der Waals surface area contributed by atoms with Crippen LogP contribution < -0.4 is 0 Å². The second kappa shape index (κ2) is 8.17. The van der Waals surface area contributed by atoms with Gasteiger partial charge in [-0.3, -0.25) is 10.1 Å². The monoisotopic (exact) mass is 495 g/mol. The zero-order valence-corrected chi connectivity index (χ0v) is 19.4. The number of hydrogen-bond donors (Lipinski definition) is 0. The maximum atomic E-state index is 13.8. The van der Waals surface area contributed by atoms with Crippen LogP contribution in [-0.4, -0.2) is 22.3 Å². The zero-order valence-electron chi connectivity index (χ0n) is 18.6. The fourth-order valence-electron chi connectivity index (χ4n) is 4.34. The summed E-state index contributed by atoms with van der Waals surface area (Å²) in [5.41, 5.74) is 2.56. The molecule has 176 valence electrons. The van der Waals surface area contributed by atoms with Crippen molar-refractivity contribution >= 4 is 37.6 Å². The van der Waals surface area contributed by atoms with Gasteiger partial charge in [-0.15, -0.1) is 0 Å². The fourth-order valence-corrected chi connectivity index (χ4v) is 5.83.